The molecule has 0 amide bonds. The van der Waals surface area contributed by atoms with Crippen molar-refractivity contribution in [3.05, 3.63) is 12.2 Å². The lowest BCUT2D eigenvalue weighted by atomic mass is 10.1. The minimum absolute atomic E-state index is 0.278. The highest BCUT2D eigenvalue weighted by atomic mass is 16.3. The Kier molecular flexibility index (Phi) is 18.3. The lowest BCUT2D eigenvalue weighted by Gasteiger charge is -2.33. The quantitative estimate of drug-likeness (QED) is 0.105. The van der Waals surface area contributed by atoms with Crippen LogP contribution in [0.3, 0.4) is 0 Å². The van der Waals surface area contributed by atoms with E-state index in [-0.39, 0.29) is 6.61 Å². The molecule has 182 valence electrons. The largest absolute Gasteiger partial charge is 0.390 e. The van der Waals surface area contributed by atoms with E-state index in [0.29, 0.717) is 0 Å². The van der Waals surface area contributed by atoms with E-state index in [4.69, 9.17) is 4.99 Å². The predicted octanol–water partition coefficient (Wildman–Crippen LogP) is 7.83. The normalized spacial score (nSPS) is 18.9. The van der Waals surface area contributed by atoms with Crippen molar-refractivity contribution in [2.45, 2.75) is 129 Å². The topological polar surface area (TPSA) is 32.6 Å². The molecule has 1 aliphatic heterocycles. The monoisotopic (exact) mass is 435 g/mol. The highest BCUT2D eigenvalue weighted by molar-refractivity contribution is 5.76. The summed E-state index contributed by atoms with van der Waals surface area (Å²) in [7, 11) is 0. The molecule has 0 radical (unpaired) electrons. The van der Waals surface area contributed by atoms with Crippen LogP contribution in [0.25, 0.3) is 0 Å². The van der Waals surface area contributed by atoms with Gasteiger partial charge in [-0.3, -0.25) is 4.48 Å². The van der Waals surface area contributed by atoms with Crippen molar-refractivity contribution >= 4 is 5.84 Å². The molecule has 1 N–H and O–H groups in total. The van der Waals surface area contributed by atoms with Crippen LogP contribution in [-0.2, 0) is 0 Å². The Balaban J connectivity index is 1.85. The van der Waals surface area contributed by atoms with Gasteiger partial charge in [0.05, 0.1) is 19.7 Å². The number of aliphatic imine (C=N–C) groups is 1. The molecule has 0 saturated carbocycles. The maximum atomic E-state index is 9.40. The third-order valence-electron chi connectivity index (χ3n) is 7.17. The molecule has 3 nitrogen and oxygen atoms in total. The van der Waals surface area contributed by atoms with Gasteiger partial charge in [0.1, 0.15) is 13.1 Å². The molecule has 1 heterocycles. The van der Waals surface area contributed by atoms with E-state index >= 15 is 0 Å². The van der Waals surface area contributed by atoms with Crippen LogP contribution in [0.15, 0.2) is 17.1 Å². The van der Waals surface area contributed by atoms with Gasteiger partial charge in [-0.25, -0.2) is 4.99 Å². The highest BCUT2D eigenvalue weighted by Crippen LogP contribution is 2.20. The first kappa shape index (κ1) is 28.4. The zero-order valence-electron chi connectivity index (χ0n) is 21.3. The number of amidine groups is 1. The summed E-state index contributed by atoms with van der Waals surface area (Å²) in [6, 6.07) is 0. The lowest BCUT2D eigenvalue weighted by molar-refractivity contribution is -0.835. The van der Waals surface area contributed by atoms with Gasteiger partial charge in [0.25, 0.3) is 0 Å². The van der Waals surface area contributed by atoms with Gasteiger partial charge in [0.2, 0.25) is 0 Å². The van der Waals surface area contributed by atoms with E-state index in [1.54, 1.807) is 0 Å². The summed E-state index contributed by atoms with van der Waals surface area (Å²) in [6.07, 6.45) is 29.4. The number of aliphatic hydroxyl groups is 1. The molecule has 0 bridgehead atoms. The number of hydrogen-bond acceptors (Lipinski definition) is 2. The Morgan fingerprint density at radius 1 is 0.742 bits per heavy atom. The predicted molar refractivity (Wildman–Crippen MR) is 138 cm³/mol. The fourth-order valence-electron chi connectivity index (χ4n) is 4.96. The molecule has 0 aromatic rings. The second-order valence-electron chi connectivity index (χ2n) is 9.68. The van der Waals surface area contributed by atoms with E-state index in [9.17, 15) is 5.11 Å². The number of aliphatic hydroxyl groups excluding tert-OH is 1. The zero-order chi connectivity index (χ0) is 22.5. The fourth-order valence-corrected chi connectivity index (χ4v) is 4.96. The molecule has 0 spiro atoms. The maximum absolute atomic E-state index is 9.40. The lowest BCUT2D eigenvalue weighted by Crippen LogP contribution is -2.52. The van der Waals surface area contributed by atoms with E-state index in [1.165, 1.54) is 115 Å². The number of nitrogens with zero attached hydrogens (tertiary/aromatic N) is 2. The molecular weight excluding hydrogens is 380 g/mol. The van der Waals surface area contributed by atoms with Crippen LogP contribution >= 0.6 is 0 Å². The van der Waals surface area contributed by atoms with E-state index < -0.39 is 0 Å². The Labute approximate surface area is 195 Å². The summed E-state index contributed by atoms with van der Waals surface area (Å²) in [5, 5.41) is 9.40. The molecular formula is C28H55N2O+. The molecule has 1 rings (SSSR count). The highest BCUT2D eigenvalue weighted by Gasteiger charge is 2.35. The summed E-state index contributed by atoms with van der Waals surface area (Å²) in [5.74, 6) is 1.36. The van der Waals surface area contributed by atoms with Crippen molar-refractivity contribution in [3.63, 3.8) is 0 Å². The average Bonchev–Trinajstić information content (AvgIpc) is 3.18. The Hall–Kier alpha value is -0.670. The molecule has 1 atom stereocenters. The van der Waals surface area contributed by atoms with Crippen LogP contribution in [0.4, 0.5) is 0 Å². The standard InChI is InChI=1S/C28H55N2O/c1-3-5-6-7-8-9-10-11-12-13-14-15-16-17-18-19-20-21-22-23-28-29-24-25-30(28,4-2)26-27-31/h14-15,31H,3-13,16-27H2,1-2H3/q+1/b15-14+. The average molecular weight is 436 g/mol. The summed E-state index contributed by atoms with van der Waals surface area (Å²) in [5.41, 5.74) is 0. The van der Waals surface area contributed by atoms with Gasteiger partial charge < -0.3 is 5.11 Å². The first-order valence-corrected chi connectivity index (χ1v) is 13.9. The summed E-state index contributed by atoms with van der Waals surface area (Å²) in [6.45, 7) is 8.78. The molecule has 1 unspecified atom stereocenters. The number of unbranched alkanes of at least 4 members (excludes halogenated alkanes) is 15. The molecule has 0 fully saturated rings. The molecule has 0 aliphatic carbocycles. The van der Waals surface area contributed by atoms with Crippen molar-refractivity contribution in [2.75, 3.05) is 32.8 Å². The van der Waals surface area contributed by atoms with Crippen LogP contribution < -0.4 is 0 Å². The number of likely N-dealkylation sites (N-methyl/N-ethyl adjacent to an activating group) is 1. The fraction of sp³-hybridized carbons (Fsp3) is 0.893. The van der Waals surface area contributed by atoms with Crippen molar-refractivity contribution in [1.82, 2.24) is 0 Å². The van der Waals surface area contributed by atoms with E-state index in [2.05, 4.69) is 26.0 Å². The first-order valence-electron chi connectivity index (χ1n) is 13.9. The second-order valence-corrected chi connectivity index (χ2v) is 9.68. The summed E-state index contributed by atoms with van der Waals surface area (Å²) in [4.78, 5) is 4.77. The summed E-state index contributed by atoms with van der Waals surface area (Å²) < 4.78 is 0.946. The van der Waals surface area contributed by atoms with Crippen LogP contribution in [0.2, 0.25) is 0 Å². The SMILES string of the molecule is CCCCCCCCCCC/C=C/CCCCCCCCC1=NCC[N+]1(CC)CCO. The van der Waals surface area contributed by atoms with Gasteiger partial charge in [-0.2, -0.15) is 0 Å². The number of rotatable bonds is 22. The third kappa shape index (κ3) is 13.5. The maximum Gasteiger partial charge on any atom is 0.198 e. The van der Waals surface area contributed by atoms with Gasteiger partial charge in [-0.15, -0.1) is 0 Å². The van der Waals surface area contributed by atoms with Crippen LogP contribution in [0, 0.1) is 0 Å². The van der Waals surface area contributed by atoms with Crippen molar-refractivity contribution in [3.8, 4) is 0 Å². The van der Waals surface area contributed by atoms with E-state index in [0.717, 1.165) is 37.1 Å². The third-order valence-corrected chi connectivity index (χ3v) is 7.17. The van der Waals surface area contributed by atoms with Crippen LogP contribution in [-0.4, -0.2) is 48.2 Å². The smallest absolute Gasteiger partial charge is 0.198 e. The molecule has 0 saturated heterocycles. The Morgan fingerprint density at radius 3 is 1.77 bits per heavy atom. The first-order chi connectivity index (χ1) is 15.3. The minimum atomic E-state index is 0.278. The van der Waals surface area contributed by atoms with Gasteiger partial charge in [0, 0.05) is 6.42 Å². The van der Waals surface area contributed by atoms with Crippen molar-refractivity contribution in [1.29, 1.82) is 0 Å². The molecule has 0 aromatic carbocycles. The molecule has 0 aromatic heterocycles. The minimum Gasteiger partial charge on any atom is -0.390 e. The number of hydrogen-bond donors (Lipinski definition) is 1. The van der Waals surface area contributed by atoms with Gasteiger partial charge in [-0.1, -0.05) is 96.1 Å². The second kappa shape index (κ2) is 20.0. The van der Waals surface area contributed by atoms with Crippen molar-refractivity contribution < 1.29 is 9.59 Å². The van der Waals surface area contributed by atoms with Gasteiger partial charge in [0.15, 0.2) is 5.84 Å². The Morgan fingerprint density at radius 2 is 1.26 bits per heavy atom. The Bertz CT molecular complexity index is 460. The molecule has 31 heavy (non-hydrogen) atoms. The number of allylic oxidation sites excluding steroid dienone is 2. The van der Waals surface area contributed by atoms with Gasteiger partial charge >= 0.3 is 0 Å². The van der Waals surface area contributed by atoms with Crippen molar-refractivity contribution in [2.24, 2.45) is 4.99 Å². The summed E-state index contributed by atoms with van der Waals surface area (Å²) >= 11 is 0. The van der Waals surface area contributed by atoms with Crippen LogP contribution in [0.1, 0.15) is 129 Å². The van der Waals surface area contributed by atoms with Crippen LogP contribution in [0.5, 0.6) is 0 Å². The number of quaternary nitrogens is 1. The molecule has 1 aliphatic rings. The van der Waals surface area contributed by atoms with Gasteiger partial charge in [-0.05, 0) is 39.0 Å². The zero-order valence-corrected chi connectivity index (χ0v) is 21.3. The molecule has 3 heteroatoms. The van der Waals surface area contributed by atoms with E-state index in [1.807, 2.05) is 0 Å².